The Morgan fingerprint density at radius 1 is 1.30 bits per heavy atom. The highest BCUT2D eigenvalue weighted by Crippen LogP contribution is 2.83. The fourth-order valence-electron chi connectivity index (χ4n) is 7.13. The normalized spacial score (nSPS) is 60.5. The molecule has 0 N–H and O–H groups in total. The van der Waals surface area contributed by atoms with Crippen molar-refractivity contribution in [3.63, 3.8) is 0 Å². The van der Waals surface area contributed by atoms with Crippen molar-refractivity contribution in [2.75, 3.05) is 0 Å². The lowest BCUT2D eigenvalue weighted by molar-refractivity contribution is -0.312. The minimum absolute atomic E-state index is 0.138. The van der Waals surface area contributed by atoms with Gasteiger partial charge in [0.05, 0.1) is 0 Å². The van der Waals surface area contributed by atoms with E-state index in [0.717, 1.165) is 24.2 Å². The highest BCUT2D eigenvalue weighted by molar-refractivity contribution is 5.90. The number of hydrogen-bond acceptors (Lipinski definition) is 1. The third-order valence-electron chi connectivity index (χ3n) is 8.31. The summed E-state index contributed by atoms with van der Waals surface area (Å²) < 4.78 is 0. The molecule has 5 unspecified atom stereocenters. The SMILES string of the molecule is C=C[C@]1(C)CCC2C(C)C34CC(CCC3=O)(C24)[C@@H](C)C1. The van der Waals surface area contributed by atoms with E-state index in [1.165, 1.54) is 32.1 Å². The molecule has 1 heteroatoms. The lowest BCUT2D eigenvalue weighted by Gasteiger charge is -2.81. The molecule has 0 heterocycles. The number of carbonyl (C=O) groups excluding carboxylic acids is 1. The van der Waals surface area contributed by atoms with E-state index < -0.39 is 0 Å². The first-order valence-electron chi connectivity index (χ1n) is 8.56. The number of rotatable bonds is 1. The lowest BCUT2D eigenvalue weighted by Crippen LogP contribution is -2.79. The molecule has 0 aromatic heterocycles. The summed E-state index contributed by atoms with van der Waals surface area (Å²) in [5.74, 6) is 3.58. The maximum absolute atomic E-state index is 12.5. The van der Waals surface area contributed by atoms with Crippen molar-refractivity contribution < 1.29 is 4.79 Å². The third kappa shape index (κ3) is 1.17. The number of allylic oxidation sites excluding steroid dienone is 1. The molecule has 4 rings (SSSR count). The van der Waals surface area contributed by atoms with Gasteiger partial charge in [0.25, 0.3) is 0 Å². The molecule has 4 saturated carbocycles. The largest absolute Gasteiger partial charge is 0.299 e. The lowest BCUT2D eigenvalue weighted by atomic mass is 9.22. The molecular weight excluding hydrogens is 244 g/mol. The topological polar surface area (TPSA) is 17.1 Å². The predicted molar refractivity (Wildman–Crippen MR) is 81.2 cm³/mol. The van der Waals surface area contributed by atoms with Gasteiger partial charge in [0.1, 0.15) is 5.78 Å². The molecule has 7 atom stereocenters. The second-order valence-corrected chi connectivity index (χ2v) is 8.81. The van der Waals surface area contributed by atoms with E-state index in [4.69, 9.17) is 0 Å². The standard InChI is InChI=1S/C19H28O/c1-5-17(4)8-6-14-13(3)19-11-18(16(14)19,12(2)10-17)9-7-15(19)20/h5,12-14,16H,1,6-11H2,2-4H3/t12-,13?,14?,16?,17+,18?,19?/m0/s1. The van der Waals surface area contributed by atoms with Crippen LogP contribution in [-0.2, 0) is 4.79 Å². The van der Waals surface area contributed by atoms with Gasteiger partial charge >= 0.3 is 0 Å². The first kappa shape index (κ1) is 13.1. The number of ketones is 1. The van der Waals surface area contributed by atoms with Crippen LogP contribution in [0.2, 0.25) is 0 Å². The second kappa shape index (κ2) is 3.59. The quantitative estimate of drug-likeness (QED) is 0.637. The summed E-state index contributed by atoms with van der Waals surface area (Å²) in [6, 6.07) is 0. The average Bonchev–Trinajstić information content (AvgIpc) is 2.41. The van der Waals surface area contributed by atoms with Crippen LogP contribution in [-0.4, -0.2) is 5.78 Å². The molecule has 20 heavy (non-hydrogen) atoms. The molecule has 4 aliphatic rings. The third-order valence-corrected chi connectivity index (χ3v) is 8.31. The van der Waals surface area contributed by atoms with Gasteiger partial charge in [-0.2, -0.15) is 0 Å². The fraction of sp³-hybridized carbons (Fsp3) is 0.842. The number of hydrogen-bond donors (Lipinski definition) is 0. The molecule has 2 spiro atoms. The maximum Gasteiger partial charge on any atom is 0.139 e. The van der Waals surface area contributed by atoms with E-state index in [9.17, 15) is 4.79 Å². The van der Waals surface area contributed by atoms with Crippen LogP contribution in [0.15, 0.2) is 12.7 Å². The van der Waals surface area contributed by atoms with E-state index >= 15 is 0 Å². The molecule has 2 bridgehead atoms. The first-order chi connectivity index (χ1) is 9.40. The van der Waals surface area contributed by atoms with Crippen molar-refractivity contribution in [3.05, 3.63) is 12.7 Å². The molecule has 4 aliphatic carbocycles. The zero-order chi connectivity index (χ0) is 14.3. The molecule has 0 radical (unpaired) electrons. The van der Waals surface area contributed by atoms with Crippen molar-refractivity contribution in [3.8, 4) is 0 Å². The molecule has 0 saturated heterocycles. The Balaban J connectivity index is 1.74. The molecule has 0 aromatic carbocycles. The van der Waals surface area contributed by atoms with Gasteiger partial charge in [0.15, 0.2) is 0 Å². The van der Waals surface area contributed by atoms with Crippen LogP contribution in [0, 0.1) is 39.9 Å². The smallest absolute Gasteiger partial charge is 0.139 e. The van der Waals surface area contributed by atoms with Crippen LogP contribution >= 0.6 is 0 Å². The van der Waals surface area contributed by atoms with Crippen molar-refractivity contribution in [1.29, 1.82) is 0 Å². The summed E-state index contributed by atoms with van der Waals surface area (Å²) in [6.07, 6.45) is 9.33. The molecule has 1 nitrogen and oxygen atoms in total. The molecule has 110 valence electrons. The van der Waals surface area contributed by atoms with Gasteiger partial charge in [-0.3, -0.25) is 4.79 Å². The van der Waals surface area contributed by atoms with Crippen molar-refractivity contribution in [1.82, 2.24) is 0 Å². The zero-order valence-corrected chi connectivity index (χ0v) is 13.2. The Labute approximate surface area is 123 Å². The van der Waals surface area contributed by atoms with Crippen molar-refractivity contribution in [2.24, 2.45) is 39.9 Å². The first-order valence-corrected chi connectivity index (χ1v) is 8.56. The van der Waals surface area contributed by atoms with Crippen molar-refractivity contribution >= 4 is 5.78 Å². The van der Waals surface area contributed by atoms with E-state index in [1.54, 1.807) is 0 Å². The summed E-state index contributed by atoms with van der Waals surface area (Å²) in [5, 5.41) is 0. The Bertz CT molecular complexity index is 494. The van der Waals surface area contributed by atoms with Crippen molar-refractivity contribution in [2.45, 2.75) is 59.3 Å². The van der Waals surface area contributed by atoms with Crippen LogP contribution in [0.5, 0.6) is 0 Å². The fourth-order valence-corrected chi connectivity index (χ4v) is 7.13. The van der Waals surface area contributed by atoms with Crippen LogP contribution in [0.25, 0.3) is 0 Å². The monoisotopic (exact) mass is 272 g/mol. The van der Waals surface area contributed by atoms with Crippen LogP contribution in [0.1, 0.15) is 59.3 Å². The second-order valence-electron chi connectivity index (χ2n) is 8.81. The summed E-state index contributed by atoms with van der Waals surface area (Å²) >= 11 is 0. The minimum atomic E-state index is 0.138. The van der Waals surface area contributed by atoms with Gasteiger partial charge < -0.3 is 0 Å². The highest BCUT2D eigenvalue weighted by Gasteiger charge is 2.80. The van der Waals surface area contributed by atoms with Gasteiger partial charge in [-0.05, 0) is 66.6 Å². The number of Topliss-reactive ketones (excluding diaryl/α,β-unsaturated/α-hetero) is 1. The summed E-state index contributed by atoms with van der Waals surface area (Å²) in [4.78, 5) is 12.5. The summed E-state index contributed by atoms with van der Waals surface area (Å²) in [5.41, 5.74) is 0.961. The molecule has 0 aliphatic heterocycles. The van der Waals surface area contributed by atoms with E-state index in [1.807, 2.05) is 0 Å². The van der Waals surface area contributed by atoms with Crippen LogP contribution in [0.3, 0.4) is 0 Å². The highest BCUT2D eigenvalue weighted by atomic mass is 16.1. The van der Waals surface area contributed by atoms with Gasteiger partial charge in [-0.15, -0.1) is 6.58 Å². The Hall–Kier alpha value is -0.590. The van der Waals surface area contributed by atoms with Crippen LogP contribution in [0.4, 0.5) is 0 Å². The molecular formula is C19H28O. The molecule has 4 fully saturated rings. The Morgan fingerprint density at radius 3 is 2.75 bits per heavy atom. The zero-order valence-electron chi connectivity index (χ0n) is 13.2. The van der Waals surface area contributed by atoms with Gasteiger partial charge in [-0.1, -0.05) is 26.8 Å². The Kier molecular flexibility index (Phi) is 2.35. The summed E-state index contributed by atoms with van der Waals surface area (Å²) in [6.45, 7) is 11.3. The Morgan fingerprint density at radius 2 is 2.05 bits per heavy atom. The van der Waals surface area contributed by atoms with E-state index in [2.05, 4.69) is 33.4 Å². The van der Waals surface area contributed by atoms with Gasteiger partial charge in [-0.25, -0.2) is 0 Å². The maximum atomic E-state index is 12.5. The van der Waals surface area contributed by atoms with Gasteiger partial charge in [0.2, 0.25) is 0 Å². The van der Waals surface area contributed by atoms with E-state index in [-0.39, 0.29) is 5.41 Å². The molecule has 0 aromatic rings. The number of carbonyl (C=O) groups is 1. The van der Waals surface area contributed by atoms with E-state index in [0.29, 0.717) is 22.5 Å². The molecule has 0 amide bonds. The van der Waals surface area contributed by atoms with Crippen LogP contribution < -0.4 is 0 Å². The predicted octanol–water partition coefficient (Wildman–Crippen LogP) is 4.62. The summed E-state index contributed by atoms with van der Waals surface area (Å²) in [7, 11) is 0. The van der Waals surface area contributed by atoms with Gasteiger partial charge in [0, 0.05) is 11.8 Å². The average molecular weight is 272 g/mol. The minimum Gasteiger partial charge on any atom is -0.299 e.